The quantitative estimate of drug-likeness (QED) is 0.654. The largest absolute Gasteiger partial charge is 0.493 e. The van der Waals surface area contributed by atoms with E-state index in [1.807, 2.05) is 48.6 Å². The number of benzene rings is 2. The number of hydrogen-bond acceptors (Lipinski definition) is 3. The molecule has 0 aromatic heterocycles. The van der Waals surface area contributed by atoms with Crippen LogP contribution in [0.5, 0.6) is 5.75 Å². The van der Waals surface area contributed by atoms with Crippen molar-refractivity contribution in [3.63, 3.8) is 0 Å². The lowest BCUT2D eigenvalue weighted by molar-refractivity contribution is 0.0954. The molecular formula is C26H28N2O2. The van der Waals surface area contributed by atoms with Gasteiger partial charge in [-0.2, -0.15) is 0 Å². The molecule has 0 bridgehead atoms. The van der Waals surface area contributed by atoms with E-state index >= 15 is 0 Å². The van der Waals surface area contributed by atoms with Gasteiger partial charge < -0.3 is 15.0 Å². The second-order valence-corrected chi connectivity index (χ2v) is 7.84. The van der Waals surface area contributed by atoms with Crippen LogP contribution in [0.1, 0.15) is 34.3 Å². The van der Waals surface area contributed by atoms with Gasteiger partial charge in [0, 0.05) is 31.1 Å². The van der Waals surface area contributed by atoms with Crippen LogP contribution < -0.4 is 10.1 Å². The SMILES string of the molecule is O=C(NCCc1ccc(CN2C=CC=CC=C2)cc1)c1ccc(OCC2CC2)cc1. The van der Waals surface area contributed by atoms with Crippen LogP contribution in [0.3, 0.4) is 0 Å². The van der Waals surface area contributed by atoms with Gasteiger partial charge >= 0.3 is 0 Å². The Hall–Kier alpha value is -3.27. The molecule has 1 N–H and O–H groups in total. The van der Waals surface area contributed by atoms with Crippen molar-refractivity contribution in [2.45, 2.75) is 25.8 Å². The molecule has 154 valence electrons. The van der Waals surface area contributed by atoms with Crippen molar-refractivity contribution < 1.29 is 9.53 Å². The van der Waals surface area contributed by atoms with Crippen LogP contribution in [-0.2, 0) is 13.0 Å². The zero-order valence-corrected chi connectivity index (χ0v) is 17.2. The molecule has 0 atom stereocenters. The highest BCUT2D eigenvalue weighted by atomic mass is 16.5. The summed E-state index contributed by atoms with van der Waals surface area (Å²) in [5, 5.41) is 3.00. The van der Waals surface area contributed by atoms with Crippen molar-refractivity contribution >= 4 is 5.91 Å². The molecule has 4 heteroatoms. The van der Waals surface area contributed by atoms with Gasteiger partial charge in [-0.05, 0) is 72.7 Å². The first kappa shape index (κ1) is 20.0. The maximum absolute atomic E-state index is 12.4. The van der Waals surface area contributed by atoms with Crippen LogP contribution >= 0.6 is 0 Å². The van der Waals surface area contributed by atoms with Gasteiger partial charge in [-0.1, -0.05) is 36.4 Å². The van der Waals surface area contributed by atoms with Crippen molar-refractivity contribution in [3.05, 3.63) is 102 Å². The van der Waals surface area contributed by atoms with Crippen molar-refractivity contribution in [1.29, 1.82) is 0 Å². The lowest BCUT2D eigenvalue weighted by Gasteiger charge is -2.15. The van der Waals surface area contributed by atoms with Gasteiger partial charge in [0.15, 0.2) is 0 Å². The minimum absolute atomic E-state index is 0.0475. The molecule has 4 rings (SSSR count). The number of rotatable bonds is 9. The number of nitrogens with one attached hydrogen (secondary N) is 1. The summed E-state index contributed by atoms with van der Waals surface area (Å²) in [5.74, 6) is 1.51. The number of hydrogen-bond donors (Lipinski definition) is 1. The van der Waals surface area contributed by atoms with E-state index in [4.69, 9.17) is 4.74 Å². The summed E-state index contributed by atoms with van der Waals surface area (Å²) in [6.45, 7) is 2.24. The van der Waals surface area contributed by atoms with Crippen molar-refractivity contribution in [1.82, 2.24) is 10.2 Å². The van der Waals surface area contributed by atoms with E-state index in [0.29, 0.717) is 12.1 Å². The molecule has 1 fully saturated rings. The van der Waals surface area contributed by atoms with Crippen LogP contribution in [0.4, 0.5) is 0 Å². The summed E-state index contributed by atoms with van der Waals surface area (Å²) in [7, 11) is 0. The molecule has 30 heavy (non-hydrogen) atoms. The van der Waals surface area contributed by atoms with Gasteiger partial charge in [0.05, 0.1) is 6.61 Å². The van der Waals surface area contributed by atoms with Crippen LogP contribution in [0.2, 0.25) is 0 Å². The molecule has 1 heterocycles. The number of nitrogens with zero attached hydrogens (tertiary/aromatic N) is 1. The third-order valence-electron chi connectivity index (χ3n) is 5.27. The smallest absolute Gasteiger partial charge is 0.251 e. The van der Waals surface area contributed by atoms with Crippen molar-refractivity contribution in [2.24, 2.45) is 5.92 Å². The second-order valence-electron chi connectivity index (χ2n) is 7.84. The molecule has 0 spiro atoms. The Morgan fingerprint density at radius 1 is 0.900 bits per heavy atom. The fourth-order valence-corrected chi connectivity index (χ4v) is 3.25. The summed E-state index contributed by atoms with van der Waals surface area (Å²) >= 11 is 0. The number of allylic oxidation sites excluding steroid dienone is 4. The minimum atomic E-state index is -0.0475. The van der Waals surface area contributed by atoms with Gasteiger partial charge in [-0.25, -0.2) is 0 Å². The Balaban J connectivity index is 1.20. The summed E-state index contributed by atoms with van der Waals surface area (Å²) in [6, 6.07) is 16.0. The van der Waals surface area contributed by atoms with E-state index in [1.165, 1.54) is 24.0 Å². The zero-order chi connectivity index (χ0) is 20.6. The molecule has 2 aliphatic rings. The highest BCUT2D eigenvalue weighted by Crippen LogP contribution is 2.29. The number of carbonyl (C=O) groups excluding carboxylic acids is 1. The van der Waals surface area contributed by atoms with Crippen LogP contribution in [0, 0.1) is 5.92 Å². The fraction of sp³-hybridized carbons (Fsp3) is 0.269. The molecule has 1 saturated carbocycles. The maximum atomic E-state index is 12.4. The molecule has 2 aromatic carbocycles. The summed E-state index contributed by atoms with van der Waals surface area (Å²) in [5.41, 5.74) is 3.13. The fourth-order valence-electron chi connectivity index (χ4n) is 3.25. The topological polar surface area (TPSA) is 41.6 Å². The van der Waals surface area contributed by atoms with E-state index in [9.17, 15) is 4.79 Å². The normalized spacial score (nSPS) is 15.1. The molecule has 2 aromatic rings. The van der Waals surface area contributed by atoms with Crippen LogP contribution in [0.15, 0.2) is 85.2 Å². The Morgan fingerprint density at radius 3 is 2.23 bits per heavy atom. The van der Waals surface area contributed by atoms with Gasteiger partial charge in [-0.15, -0.1) is 0 Å². The zero-order valence-electron chi connectivity index (χ0n) is 17.2. The predicted molar refractivity (Wildman–Crippen MR) is 120 cm³/mol. The van der Waals surface area contributed by atoms with Crippen LogP contribution in [0.25, 0.3) is 0 Å². The first-order chi connectivity index (χ1) is 14.8. The van der Waals surface area contributed by atoms with Gasteiger partial charge in [0.2, 0.25) is 0 Å². The Bertz CT molecular complexity index is 907. The highest BCUT2D eigenvalue weighted by Gasteiger charge is 2.21. The summed E-state index contributed by atoms with van der Waals surface area (Å²) in [4.78, 5) is 14.5. The van der Waals surface area contributed by atoms with E-state index < -0.39 is 0 Å². The van der Waals surface area contributed by atoms with Gasteiger partial charge in [0.1, 0.15) is 5.75 Å². The third kappa shape index (κ3) is 6.11. The lowest BCUT2D eigenvalue weighted by atomic mass is 10.1. The average molecular weight is 401 g/mol. The molecule has 0 radical (unpaired) electrons. The monoisotopic (exact) mass is 400 g/mol. The average Bonchev–Trinajstić information content (AvgIpc) is 3.62. The Morgan fingerprint density at radius 2 is 1.57 bits per heavy atom. The molecule has 1 aliphatic carbocycles. The summed E-state index contributed by atoms with van der Waals surface area (Å²) in [6.07, 6.45) is 15.6. The number of carbonyl (C=O) groups is 1. The standard InChI is InChI=1S/C26H28N2O2/c29-26(24-11-13-25(14-12-24)30-20-23-9-10-23)27-16-15-21-5-7-22(8-6-21)19-28-17-3-1-2-4-18-28/h1-8,11-14,17-18,23H,9-10,15-16,19-20H2,(H,27,29). The first-order valence-electron chi connectivity index (χ1n) is 10.6. The molecule has 1 aliphatic heterocycles. The van der Waals surface area contributed by atoms with E-state index in [-0.39, 0.29) is 5.91 Å². The molecule has 0 unspecified atom stereocenters. The number of ether oxygens (including phenoxy) is 1. The second kappa shape index (κ2) is 9.97. The van der Waals surface area contributed by atoms with Gasteiger partial charge in [-0.3, -0.25) is 4.79 Å². The molecule has 4 nitrogen and oxygen atoms in total. The first-order valence-corrected chi connectivity index (χ1v) is 10.6. The number of amides is 1. The van der Waals surface area contributed by atoms with Gasteiger partial charge in [0.25, 0.3) is 5.91 Å². The Kier molecular flexibility index (Phi) is 6.65. The maximum Gasteiger partial charge on any atom is 0.251 e. The summed E-state index contributed by atoms with van der Waals surface area (Å²) < 4.78 is 5.72. The predicted octanol–water partition coefficient (Wildman–Crippen LogP) is 4.85. The highest BCUT2D eigenvalue weighted by molar-refractivity contribution is 5.94. The lowest BCUT2D eigenvalue weighted by Crippen LogP contribution is -2.25. The molecular weight excluding hydrogens is 372 g/mol. The van der Waals surface area contributed by atoms with Crippen molar-refractivity contribution in [2.75, 3.05) is 13.2 Å². The van der Waals surface area contributed by atoms with Crippen LogP contribution in [-0.4, -0.2) is 24.0 Å². The minimum Gasteiger partial charge on any atom is -0.493 e. The molecule has 1 amide bonds. The van der Waals surface area contributed by atoms with E-state index in [2.05, 4.69) is 46.9 Å². The third-order valence-corrected chi connectivity index (χ3v) is 5.27. The van der Waals surface area contributed by atoms with E-state index in [1.54, 1.807) is 0 Å². The molecule has 0 saturated heterocycles. The Labute approximate surface area is 178 Å². The van der Waals surface area contributed by atoms with E-state index in [0.717, 1.165) is 31.2 Å². The van der Waals surface area contributed by atoms with Crippen molar-refractivity contribution in [3.8, 4) is 5.75 Å².